The van der Waals surface area contributed by atoms with Crippen LogP contribution in [0, 0.1) is 6.92 Å². The SMILES string of the molecule is CCOc1ccc(/C=C/C(=O)Nc2ccc(C)cc2OCC(F)(F)F)cc1. The molecule has 0 saturated heterocycles. The third-order valence-corrected chi connectivity index (χ3v) is 3.40. The molecule has 0 heterocycles. The van der Waals surface area contributed by atoms with Crippen LogP contribution in [0.2, 0.25) is 0 Å². The minimum atomic E-state index is -4.46. The van der Waals surface area contributed by atoms with Crippen LogP contribution in [0.15, 0.2) is 48.5 Å². The molecule has 2 rings (SSSR count). The number of ether oxygens (including phenoxy) is 2. The number of benzene rings is 2. The molecule has 0 saturated carbocycles. The van der Waals surface area contributed by atoms with E-state index in [0.717, 1.165) is 16.9 Å². The molecule has 0 aromatic heterocycles. The molecule has 0 fully saturated rings. The summed E-state index contributed by atoms with van der Waals surface area (Å²) in [7, 11) is 0. The Hall–Kier alpha value is -2.96. The van der Waals surface area contributed by atoms with Gasteiger partial charge >= 0.3 is 6.18 Å². The van der Waals surface area contributed by atoms with Gasteiger partial charge in [-0.2, -0.15) is 13.2 Å². The maximum Gasteiger partial charge on any atom is 0.422 e. The maximum atomic E-state index is 12.4. The topological polar surface area (TPSA) is 47.6 Å². The number of aryl methyl sites for hydroxylation is 1. The fourth-order valence-electron chi connectivity index (χ4n) is 2.20. The number of nitrogens with one attached hydrogen (secondary N) is 1. The average molecular weight is 379 g/mol. The van der Waals surface area contributed by atoms with Gasteiger partial charge in [0, 0.05) is 6.08 Å². The third kappa shape index (κ3) is 7.05. The van der Waals surface area contributed by atoms with E-state index in [-0.39, 0.29) is 11.4 Å². The largest absolute Gasteiger partial charge is 0.494 e. The van der Waals surface area contributed by atoms with E-state index in [0.29, 0.717) is 6.61 Å². The van der Waals surface area contributed by atoms with Gasteiger partial charge in [-0.05, 0) is 55.3 Å². The van der Waals surface area contributed by atoms with Crippen molar-refractivity contribution in [1.82, 2.24) is 0 Å². The normalized spacial score (nSPS) is 11.4. The lowest BCUT2D eigenvalue weighted by Crippen LogP contribution is -2.20. The van der Waals surface area contributed by atoms with Gasteiger partial charge in [0.2, 0.25) is 5.91 Å². The van der Waals surface area contributed by atoms with E-state index in [1.54, 1.807) is 43.3 Å². The number of halogens is 3. The highest BCUT2D eigenvalue weighted by atomic mass is 19.4. The lowest BCUT2D eigenvalue weighted by atomic mass is 10.2. The number of anilines is 1. The highest BCUT2D eigenvalue weighted by Gasteiger charge is 2.29. The van der Waals surface area contributed by atoms with E-state index in [9.17, 15) is 18.0 Å². The van der Waals surface area contributed by atoms with E-state index in [1.807, 2.05) is 6.92 Å². The van der Waals surface area contributed by atoms with Gasteiger partial charge in [-0.1, -0.05) is 18.2 Å². The third-order valence-electron chi connectivity index (χ3n) is 3.40. The Bertz CT molecular complexity index is 799. The summed E-state index contributed by atoms with van der Waals surface area (Å²) in [4.78, 5) is 12.1. The summed E-state index contributed by atoms with van der Waals surface area (Å²) in [5.74, 6) is 0.213. The molecule has 0 atom stereocenters. The van der Waals surface area contributed by atoms with Crippen molar-refractivity contribution in [3.63, 3.8) is 0 Å². The van der Waals surface area contributed by atoms with Crippen molar-refractivity contribution in [3.05, 3.63) is 59.7 Å². The first kappa shape index (κ1) is 20.4. The molecule has 0 aliphatic heterocycles. The van der Waals surface area contributed by atoms with Crippen molar-refractivity contribution in [2.45, 2.75) is 20.0 Å². The first-order valence-corrected chi connectivity index (χ1v) is 8.29. The first-order valence-electron chi connectivity index (χ1n) is 8.29. The average Bonchev–Trinajstić information content (AvgIpc) is 2.61. The van der Waals surface area contributed by atoms with E-state index in [4.69, 9.17) is 9.47 Å². The standard InChI is InChI=1S/C20H20F3NO3/c1-3-26-16-8-5-15(6-9-16)7-11-19(25)24-17-10-4-14(2)12-18(17)27-13-20(21,22)23/h4-12H,3,13H2,1-2H3,(H,24,25)/b11-7+. The van der Waals surface area contributed by atoms with Crippen molar-refractivity contribution in [2.75, 3.05) is 18.5 Å². The molecule has 27 heavy (non-hydrogen) atoms. The zero-order chi connectivity index (χ0) is 19.9. The van der Waals surface area contributed by atoms with Crippen molar-refractivity contribution in [3.8, 4) is 11.5 Å². The Morgan fingerprint density at radius 1 is 1.11 bits per heavy atom. The van der Waals surface area contributed by atoms with Gasteiger partial charge in [-0.3, -0.25) is 4.79 Å². The van der Waals surface area contributed by atoms with Gasteiger partial charge in [0.05, 0.1) is 12.3 Å². The van der Waals surface area contributed by atoms with E-state index in [1.165, 1.54) is 18.2 Å². The molecule has 0 aliphatic carbocycles. The van der Waals surface area contributed by atoms with E-state index < -0.39 is 18.7 Å². The summed E-state index contributed by atoms with van der Waals surface area (Å²) in [6, 6.07) is 11.8. The van der Waals surface area contributed by atoms with Crippen LogP contribution >= 0.6 is 0 Å². The smallest absolute Gasteiger partial charge is 0.422 e. The zero-order valence-corrected chi connectivity index (χ0v) is 15.0. The van der Waals surface area contributed by atoms with Crippen LogP contribution in [0.25, 0.3) is 6.08 Å². The van der Waals surface area contributed by atoms with Gasteiger partial charge in [0.1, 0.15) is 11.5 Å². The van der Waals surface area contributed by atoms with E-state index in [2.05, 4.69) is 5.32 Å². The summed E-state index contributed by atoms with van der Waals surface area (Å²) >= 11 is 0. The summed E-state index contributed by atoms with van der Waals surface area (Å²) in [6.07, 6.45) is -1.57. The van der Waals surface area contributed by atoms with Crippen molar-refractivity contribution in [2.24, 2.45) is 0 Å². The number of rotatable bonds is 7. The maximum absolute atomic E-state index is 12.4. The monoisotopic (exact) mass is 379 g/mol. The number of hydrogen-bond donors (Lipinski definition) is 1. The molecule has 0 aliphatic rings. The lowest BCUT2D eigenvalue weighted by Gasteiger charge is -2.14. The van der Waals surface area contributed by atoms with Crippen LogP contribution in [-0.4, -0.2) is 25.3 Å². The molecule has 1 N–H and O–H groups in total. The van der Waals surface area contributed by atoms with Crippen LogP contribution in [0.3, 0.4) is 0 Å². The van der Waals surface area contributed by atoms with Crippen molar-refractivity contribution >= 4 is 17.7 Å². The fourth-order valence-corrected chi connectivity index (χ4v) is 2.20. The molecule has 7 heteroatoms. The molecule has 0 radical (unpaired) electrons. The number of alkyl halides is 3. The highest BCUT2D eigenvalue weighted by Crippen LogP contribution is 2.28. The summed E-state index contributed by atoms with van der Waals surface area (Å²) in [6.45, 7) is 2.74. The second-order valence-corrected chi connectivity index (χ2v) is 5.73. The van der Waals surface area contributed by atoms with Gasteiger partial charge < -0.3 is 14.8 Å². The van der Waals surface area contributed by atoms with Crippen LogP contribution in [0.4, 0.5) is 18.9 Å². The predicted molar refractivity (Wildman–Crippen MR) is 98.0 cm³/mol. The molecule has 0 unspecified atom stereocenters. The number of amides is 1. The first-order chi connectivity index (χ1) is 12.8. The molecule has 0 spiro atoms. The second kappa shape index (κ2) is 9.12. The van der Waals surface area contributed by atoms with Gasteiger partial charge in [-0.15, -0.1) is 0 Å². The minimum absolute atomic E-state index is 0.0323. The predicted octanol–water partition coefficient (Wildman–Crippen LogP) is 4.99. The molecule has 4 nitrogen and oxygen atoms in total. The summed E-state index contributed by atoms with van der Waals surface area (Å²) < 4.78 is 47.3. The van der Waals surface area contributed by atoms with Crippen LogP contribution in [0.1, 0.15) is 18.1 Å². The molecular formula is C20H20F3NO3. The Morgan fingerprint density at radius 3 is 2.44 bits per heavy atom. The quantitative estimate of drug-likeness (QED) is 0.690. The summed E-state index contributed by atoms with van der Waals surface area (Å²) in [5.41, 5.74) is 1.67. The van der Waals surface area contributed by atoms with Gasteiger partial charge in [0.15, 0.2) is 6.61 Å². The van der Waals surface area contributed by atoms with E-state index >= 15 is 0 Å². The Labute approximate surface area is 155 Å². The van der Waals surface area contributed by atoms with Gasteiger partial charge in [0.25, 0.3) is 0 Å². The molecular weight excluding hydrogens is 359 g/mol. The Balaban J connectivity index is 2.04. The molecule has 0 bridgehead atoms. The van der Waals surface area contributed by atoms with Crippen molar-refractivity contribution < 1.29 is 27.4 Å². The lowest BCUT2D eigenvalue weighted by molar-refractivity contribution is -0.153. The second-order valence-electron chi connectivity index (χ2n) is 5.73. The fraction of sp³-hybridized carbons (Fsp3) is 0.250. The number of carbonyl (C=O) groups excluding carboxylic acids is 1. The number of carbonyl (C=O) groups is 1. The van der Waals surface area contributed by atoms with Crippen LogP contribution < -0.4 is 14.8 Å². The molecule has 2 aromatic rings. The molecule has 144 valence electrons. The zero-order valence-electron chi connectivity index (χ0n) is 15.0. The Morgan fingerprint density at radius 2 is 1.81 bits per heavy atom. The Kier molecular flexibility index (Phi) is 6.87. The summed E-state index contributed by atoms with van der Waals surface area (Å²) in [5, 5.41) is 2.53. The highest BCUT2D eigenvalue weighted by molar-refractivity contribution is 6.02. The molecule has 2 aromatic carbocycles. The van der Waals surface area contributed by atoms with Gasteiger partial charge in [-0.25, -0.2) is 0 Å². The van der Waals surface area contributed by atoms with Crippen molar-refractivity contribution in [1.29, 1.82) is 0 Å². The molecule has 1 amide bonds. The van der Waals surface area contributed by atoms with Crippen LogP contribution in [-0.2, 0) is 4.79 Å². The number of hydrogen-bond acceptors (Lipinski definition) is 3. The van der Waals surface area contributed by atoms with Crippen LogP contribution in [0.5, 0.6) is 11.5 Å². The minimum Gasteiger partial charge on any atom is -0.494 e.